The minimum atomic E-state index is -3.07. The molecule has 1 fully saturated rings. The smallest absolute Gasteiger partial charge is 0.211 e. The number of quaternary nitrogens is 1. The highest BCUT2D eigenvalue weighted by molar-refractivity contribution is 7.88. The van der Waals surface area contributed by atoms with Crippen molar-refractivity contribution in [3.8, 4) is 11.5 Å². The minimum Gasteiger partial charge on any atom is -0.497 e. The van der Waals surface area contributed by atoms with Crippen LogP contribution in [0.25, 0.3) is 0 Å². The Balaban J connectivity index is 2.03. The average Bonchev–Trinajstić information content (AvgIpc) is 2.46. The maximum Gasteiger partial charge on any atom is 0.211 e. The van der Waals surface area contributed by atoms with Crippen LogP contribution in [0.1, 0.15) is 5.56 Å². The van der Waals surface area contributed by atoms with Crippen molar-refractivity contribution in [1.29, 1.82) is 0 Å². The zero-order chi connectivity index (χ0) is 15.5. The van der Waals surface area contributed by atoms with Crippen LogP contribution in [0.2, 0.25) is 0 Å². The summed E-state index contributed by atoms with van der Waals surface area (Å²) in [6, 6.07) is 5.76. The van der Waals surface area contributed by atoms with Gasteiger partial charge < -0.3 is 14.4 Å². The van der Waals surface area contributed by atoms with E-state index in [-0.39, 0.29) is 0 Å². The van der Waals surface area contributed by atoms with Crippen LogP contribution in [0.4, 0.5) is 0 Å². The molecule has 2 rings (SSSR count). The van der Waals surface area contributed by atoms with Crippen LogP contribution in [0.3, 0.4) is 0 Å². The molecule has 0 radical (unpaired) electrons. The van der Waals surface area contributed by atoms with Crippen molar-refractivity contribution < 1.29 is 22.8 Å². The molecule has 0 aromatic heterocycles. The molecule has 1 aromatic carbocycles. The van der Waals surface area contributed by atoms with E-state index in [0.717, 1.165) is 36.7 Å². The van der Waals surface area contributed by atoms with Crippen LogP contribution < -0.4 is 14.4 Å². The maximum atomic E-state index is 11.5. The van der Waals surface area contributed by atoms with E-state index in [4.69, 9.17) is 9.47 Å². The molecule has 1 aliphatic heterocycles. The third kappa shape index (κ3) is 4.09. The molecule has 1 heterocycles. The molecular weight excluding hydrogens is 292 g/mol. The molecule has 0 aliphatic carbocycles. The number of sulfonamides is 1. The van der Waals surface area contributed by atoms with E-state index in [1.807, 2.05) is 18.2 Å². The van der Waals surface area contributed by atoms with Crippen molar-refractivity contribution in [3.05, 3.63) is 23.8 Å². The zero-order valence-corrected chi connectivity index (χ0v) is 13.6. The number of piperazine rings is 1. The van der Waals surface area contributed by atoms with Gasteiger partial charge >= 0.3 is 0 Å². The molecule has 1 saturated heterocycles. The van der Waals surface area contributed by atoms with Crippen LogP contribution in [0.15, 0.2) is 18.2 Å². The lowest BCUT2D eigenvalue weighted by molar-refractivity contribution is -0.917. The van der Waals surface area contributed by atoms with Gasteiger partial charge in [-0.1, -0.05) is 0 Å². The van der Waals surface area contributed by atoms with E-state index in [1.165, 1.54) is 11.2 Å². The normalized spacial score (nSPS) is 17.7. The first-order valence-electron chi connectivity index (χ1n) is 6.93. The maximum absolute atomic E-state index is 11.5. The van der Waals surface area contributed by atoms with Crippen molar-refractivity contribution in [1.82, 2.24) is 4.31 Å². The van der Waals surface area contributed by atoms with E-state index in [2.05, 4.69) is 0 Å². The second kappa shape index (κ2) is 6.64. The number of rotatable bonds is 5. The van der Waals surface area contributed by atoms with Gasteiger partial charge in [0, 0.05) is 0 Å². The van der Waals surface area contributed by atoms with Crippen LogP contribution in [-0.4, -0.2) is 59.4 Å². The summed E-state index contributed by atoms with van der Waals surface area (Å²) in [6.07, 6.45) is 1.27. The second-order valence-corrected chi connectivity index (χ2v) is 7.25. The van der Waals surface area contributed by atoms with Gasteiger partial charge in [0.25, 0.3) is 0 Å². The van der Waals surface area contributed by atoms with Gasteiger partial charge in [0.05, 0.1) is 52.2 Å². The van der Waals surface area contributed by atoms with Gasteiger partial charge in [0.1, 0.15) is 18.0 Å². The molecule has 1 aromatic rings. The predicted octanol–water partition coefficient (Wildman–Crippen LogP) is -0.636. The number of nitrogens with one attached hydrogen (secondary N) is 1. The van der Waals surface area contributed by atoms with E-state index in [0.29, 0.717) is 13.1 Å². The van der Waals surface area contributed by atoms with E-state index < -0.39 is 10.0 Å². The molecule has 21 heavy (non-hydrogen) atoms. The molecule has 0 saturated carbocycles. The molecule has 0 amide bonds. The topological polar surface area (TPSA) is 60.3 Å². The van der Waals surface area contributed by atoms with E-state index in [9.17, 15) is 8.42 Å². The third-order valence-electron chi connectivity index (χ3n) is 3.83. The Labute approximate surface area is 126 Å². The first kappa shape index (κ1) is 16.1. The molecule has 1 N–H and O–H groups in total. The summed E-state index contributed by atoms with van der Waals surface area (Å²) in [7, 11) is 0.227. The Bertz CT molecular complexity index is 581. The van der Waals surface area contributed by atoms with Crippen molar-refractivity contribution in [2.45, 2.75) is 6.54 Å². The molecule has 7 heteroatoms. The number of hydrogen-bond acceptors (Lipinski definition) is 4. The summed E-state index contributed by atoms with van der Waals surface area (Å²) < 4.78 is 35.2. The quantitative estimate of drug-likeness (QED) is 0.785. The van der Waals surface area contributed by atoms with Gasteiger partial charge in [0.2, 0.25) is 10.0 Å². The van der Waals surface area contributed by atoms with Crippen molar-refractivity contribution in [3.63, 3.8) is 0 Å². The summed E-state index contributed by atoms with van der Waals surface area (Å²) in [5.41, 5.74) is 1.08. The number of benzene rings is 1. The summed E-state index contributed by atoms with van der Waals surface area (Å²) in [5, 5.41) is 0. The fourth-order valence-electron chi connectivity index (χ4n) is 2.60. The Morgan fingerprint density at radius 2 is 1.86 bits per heavy atom. The molecule has 1 aliphatic rings. The average molecular weight is 315 g/mol. The van der Waals surface area contributed by atoms with Crippen LogP contribution in [0, 0.1) is 0 Å². The summed E-state index contributed by atoms with van der Waals surface area (Å²) in [5.74, 6) is 1.65. The molecule has 0 unspecified atom stereocenters. The van der Waals surface area contributed by atoms with Gasteiger partial charge in [-0.2, -0.15) is 4.31 Å². The summed E-state index contributed by atoms with van der Waals surface area (Å²) >= 11 is 0. The van der Waals surface area contributed by atoms with Crippen molar-refractivity contribution in [2.75, 3.05) is 46.7 Å². The van der Waals surface area contributed by atoms with Crippen molar-refractivity contribution in [2.24, 2.45) is 0 Å². The molecule has 6 nitrogen and oxygen atoms in total. The third-order valence-corrected chi connectivity index (χ3v) is 5.13. The van der Waals surface area contributed by atoms with Crippen molar-refractivity contribution >= 4 is 10.0 Å². The van der Waals surface area contributed by atoms with E-state index in [1.54, 1.807) is 18.5 Å². The highest BCUT2D eigenvalue weighted by atomic mass is 32.2. The molecule has 0 atom stereocenters. The van der Waals surface area contributed by atoms with Gasteiger partial charge in [-0.15, -0.1) is 0 Å². The summed E-state index contributed by atoms with van der Waals surface area (Å²) in [6.45, 7) is 3.54. The predicted molar refractivity (Wildman–Crippen MR) is 80.4 cm³/mol. The number of hydrogen-bond donors (Lipinski definition) is 1. The fourth-order valence-corrected chi connectivity index (χ4v) is 3.45. The monoisotopic (exact) mass is 315 g/mol. The Kier molecular flexibility index (Phi) is 5.08. The molecule has 0 spiro atoms. The largest absolute Gasteiger partial charge is 0.497 e. The highest BCUT2D eigenvalue weighted by Gasteiger charge is 2.26. The first-order valence-corrected chi connectivity index (χ1v) is 8.78. The lowest BCUT2D eigenvalue weighted by Crippen LogP contribution is -3.13. The minimum absolute atomic E-state index is 0.570. The van der Waals surface area contributed by atoms with Crippen LogP contribution >= 0.6 is 0 Å². The first-order chi connectivity index (χ1) is 9.94. The Morgan fingerprint density at radius 1 is 1.19 bits per heavy atom. The number of nitrogens with zero attached hydrogens (tertiary/aromatic N) is 1. The molecule has 118 valence electrons. The van der Waals surface area contributed by atoms with Gasteiger partial charge in [0.15, 0.2) is 0 Å². The molecular formula is C14H23N2O4S+. The fraction of sp³-hybridized carbons (Fsp3) is 0.571. The van der Waals surface area contributed by atoms with Gasteiger partial charge in [-0.3, -0.25) is 0 Å². The highest BCUT2D eigenvalue weighted by Crippen LogP contribution is 2.23. The second-order valence-electron chi connectivity index (χ2n) is 5.27. The number of ether oxygens (including phenoxy) is 2. The zero-order valence-electron chi connectivity index (χ0n) is 12.8. The lowest BCUT2D eigenvalue weighted by atomic mass is 10.1. The van der Waals surface area contributed by atoms with E-state index >= 15 is 0 Å². The van der Waals surface area contributed by atoms with Gasteiger partial charge in [-0.05, 0) is 18.2 Å². The summed E-state index contributed by atoms with van der Waals surface area (Å²) in [4.78, 5) is 1.35. The standard InChI is InChI=1S/C14H22N2O4S/c1-19-13-4-5-14(20-2)12(10-13)11-15-6-8-16(9-7-15)21(3,17)18/h4-5,10H,6-9,11H2,1-3H3/p+1. The Hall–Kier alpha value is -1.31. The number of methoxy groups -OCH3 is 2. The lowest BCUT2D eigenvalue weighted by Gasteiger charge is -2.30. The van der Waals surface area contributed by atoms with Crippen LogP contribution in [0.5, 0.6) is 11.5 Å². The SMILES string of the molecule is COc1ccc(OC)c(C[NH+]2CCN(S(C)(=O)=O)CC2)c1. The van der Waals surface area contributed by atoms with Crippen LogP contribution in [-0.2, 0) is 16.6 Å². The van der Waals surface area contributed by atoms with Gasteiger partial charge in [-0.25, -0.2) is 8.42 Å². The molecule has 0 bridgehead atoms. The Morgan fingerprint density at radius 3 is 2.38 bits per heavy atom.